The van der Waals surface area contributed by atoms with Crippen molar-refractivity contribution >= 4 is 28.1 Å². The monoisotopic (exact) mass is 350 g/mol. The smallest absolute Gasteiger partial charge is 0.246 e. The van der Waals surface area contributed by atoms with Crippen LogP contribution in [0.4, 0.5) is 11.4 Å². The summed E-state index contributed by atoms with van der Waals surface area (Å²) in [4.78, 5) is 12.6. The van der Waals surface area contributed by atoms with E-state index in [1.165, 1.54) is 0 Å². The zero-order valence-corrected chi connectivity index (χ0v) is 15.1. The number of amides is 1. The van der Waals surface area contributed by atoms with E-state index in [1.807, 2.05) is 55.5 Å². The molecule has 1 atom stereocenters. The first-order valence-corrected chi connectivity index (χ1v) is 8.39. The molecule has 26 heavy (non-hydrogen) atoms. The molecule has 0 bridgehead atoms. The molecule has 134 valence electrons. The van der Waals surface area contributed by atoms with E-state index >= 15 is 0 Å². The Morgan fingerprint density at radius 2 is 1.65 bits per heavy atom. The zero-order valence-electron chi connectivity index (χ0n) is 15.1. The Morgan fingerprint density at radius 3 is 2.42 bits per heavy atom. The minimum atomic E-state index is -0.424. The van der Waals surface area contributed by atoms with Crippen LogP contribution < -0.4 is 20.1 Å². The number of hydrogen-bond acceptors (Lipinski definition) is 4. The van der Waals surface area contributed by atoms with E-state index in [0.717, 1.165) is 22.1 Å². The van der Waals surface area contributed by atoms with Crippen molar-refractivity contribution in [3.63, 3.8) is 0 Å². The number of rotatable bonds is 6. The highest BCUT2D eigenvalue weighted by molar-refractivity contribution is 6.04. The molecule has 0 radical (unpaired) electrons. The molecule has 2 N–H and O–H groups in total. The van der Waals surface area contributed by atoms with Crippen molar-refractivity contribution in [1.82, 2.24) is 0 Å². The van der Waals surface area contributed by atoms with Gasteiger partial charge in [0.15, 0.2) is 11.5 Å². The molecule has 0 heterocycles. The average molecular weight is 350 g/mol. The van der Waals surface area contributed by atoms with Crippen LogP contribution in [0.15, 0.2) is 60.7 Å². The van der Waals surface area contributed by atoms with Crippen LogP contribution in [0.5, 0.6) is 11.5 Å². The van der Waals surface area contributed by atoms with E-state index in [-0.39, 0.29) is 5.91 Å². The van der Waals surface area contributed by atoms with Crippen molar-refractivity contribution in [2.45, 2.75) is 13.0 Å². The first kappa shape index (κ1) is 17.6. The second kappa shape index (κ2) is 7.78. The fourth-order valence-corrected chi connectivity index (χ4v) is 2.82. The van der Waals surface area contributed by atoms with Gasteiger partial charge >= 0.3 is 0 Å². The first-order chi connectivity index (χ1) is 12.6. The highest BCUT2D eigenvalue weighted by atomic mass is 16.5. The summed E-state index contributed by atoms with van der Waals surface area (Å²) in [6.07, 6.45) is 0. The number of hydrogen-bond donors (Lipinski definition) is 2. The molecule has 5 nitrogen and oxygen atoms in total. The summed E-state index contributed by atoms with van der Waals surface area (Å²) in [7, 11) is 3.17. The summed E-state index contributed by atoms with van der Waals surface area (Å²) in [6.45, 7) is 1.82. The Hall–Kier alpha value is -3.21. The lowest BCUT2D eigenvalue weighted by atomic mass is 10.1. The molecule has 5 heteroatoms. The number of benzene rings is 3. The summed E-state index contributed by atoms with van der Waals surface area (Å²) in [5, 5.41) is 8.29. The number of carbonyl (C=O) groups excluding carboxylic acids is 1. The Kier molecular flexibility index (Phi) is 5.27. The third-order valence-corrected chi connectivity index (χ3v) is 4.21. The lowest BCUT2D eigenvalue weighted by Crippen LogP contribution is -2.31. The number of anilines is 2. The van der Waals surface area contributed by atoms with Gasteiger partial charge in [0.2, 0.25) is 5.91 Å². The molecule has 0 aliphatic carbocycles. The van der Waals surface area contributed by atoms with Gasteiger partial charge in [-0.15, -0.1) is 0 Å². The van der Waals surface area contributed by atoms with Gasteiger partial charge in [-0.3, -0.25) is 4.79 Å². The predicted octanol–water partition coefficient (Wildman–Crippen LogP) is 4.30. The van der Waals surface area contributed by atoms with Gasteiger partial charge in [0.05, 0.1) is 14.2 Å². The summed E-state index contributed by atoms with van der Waals surface area (Å²) in [5.41, 5.74) is 1.58. The standard InChI is InChI=1S/C21H22N2O3/c1-14(22-16-11-12-19(25-2)20(13-16)26-3)21(24)23-18-10-6-8-15-7-4-5-9-17(15)18/h4-14,22H,1-3H3,(H,23,24). The number of ether oxygens (including phenoxy) is 2. The van der Waals surface area contributed by atoms with Crippen molar-refractivity contribution in [3.05, 3.63) is 60.7 Å². The van der Waals surface area contributed by atoms with E-state index in [2.05, 4.69) is 10.6 Å². The van der Waals surface area contributed by atoms with E-state index < -0.39 is 6.04 Å². The molecule has 0 aliphatic heterocycles. The van der Waals surface area contributed by atoms with Crippen LogP contribution >= 0.6 is 0 Å². The van der Waals surface area contributed by atoms with E-state index in [1.54, 1.807) is 26.4 Å². The quantitative estimate of drug-likeness (QED) is 0.696. The maximum absolute atomic E-state index is 12.6. The Bertz CT molecular complexity index is 919. The second-order valence-corrected chi connectivity index (χ2v) is 5.95. The number of carbonyl (C=O) groups is 1. The van der Waals surface area contributed by atoms with Crippen molar-refractivity contribution in [1.29, 1.82) is 0 Å². The van der Waals surface area contributed by atoms with Crippen molar-refractivity contribution < 1.29 is 14.3 Å². The number of fused-ring (bicyclic) bond motifs is 1. The molecule has 0 spiro atoms. The van der Waals surface area contributed by atoms with Gasteiger partial charge in [-0.25, -0.2) is 0 Å². The molecule has 0 saturated heterocycles. The van der Waals surface area contributed by atoms with Crippen LogP contribution in [0.3, 0.4) is 0 Å². The molecule has 1 amide bonds. The molecule has 3 aromatic carbocycles. The molecular formula is C21H22N2O3. The summed E-state index contributed by atoms with van der Waals surface area (Å²) >= 11 is 0. The predicted molar refractivity (Wildman–Crippen MR) is 105 cm³/mol. The van der Waals surface area contributed by atoms with Crippen LogP contribution in [0, 0.1) is 0 Å². The lowest BCUT2D eigenvalue weighted by molar-refractivity contribution is -0.116. The average Bonchev–Trinajstić information content (AvgIpc) is 2.68. The normalized spacial score (nSPS) is 11.7. The summed E-state index contributed by atoms with van der Waals surface area (Å²) in [6, 6.07) is 18.9. The largest absolute Gasteiger partial charge is 0.493 e. The highest BCUT2D eigenvalue weighted by Gasteiger charge is 2.15. The Labute approximate surface area is 152 Å². The Morgan fingerprint density at radius 1 is 0.923 bits per heavy atom. The van der Waals surface area contributed by atoms with Crippen molar-refractivity contribution in [3.8, 4) is 11.5 Å². The third kappa shape index (κ3) is 3.72. The molecular weight excluding hydrogens is 328 g/mol. The van der Waals surface area contributed by atoms with Gasteiger partial charge in [0.25, 0.3) is 0 Å². The van der Waals surface area contributed by atoms with Gasteiger partial charge < -0.3 is 20.1 Å². The van der Waals surface area contributed by atoms with Crippen LogP contribution in [0.2, 0.25) is 0 Å². The highest BCUT2D eigenvalue weighted by Crippen LogP contribution is 2.30. The maximum atomic E-state index is 12.6. The molecule has 0 saturated carbocycles. The molecule has 1 unspecified atom stereocenters. The fraction of sp³-hybridized carbons (Fsp3) is 0.190. The van der Waals surface area contributed by atoms with Crippen LogP contribution in [-0.2, 0) is 4.79 Å². The van der Waals surface area contributed by atoms with Crippen LogP contribution in [0.25, 0.3) is 10.8 Å². The van der Waals surface area contributed by atoms with E-state index in [4.69, 9.17) is 9.47 Å². The van der Waals surface area contributed by atoms with E-state index in [0.29, 0.717) is 11.5 Å². The Balaban J connectivity index is 1.74. The number of nitrogens with one attached hydrogen (secondary N) is 2. The summed E-state index contributed by atoms with van der Waals surface area (Å²) in [5.74, 6) is 1.14. The van der Waals surface area contributed by atoms with Gasteiger partial charge in [-0.2, -0.15) is 0 Å². The molecule has 3 rings (SSSR count). The topological polar surface area (TPSA) is 59.6 Å². The zero-order chi connectivity index (χ0) is 18.5. The lowest BCUT2D eigenvalue weighted by Gasteiger charge is -2.17. The SMILES string of the molecule is COc1ccc(NC(C)C(=O)Nc2cccc3ccccc23)cc1OC. The first-order valence-electron chi connectivity index (χ1n) is 8.39. The summed E-state index contributed by atoms with van der Waals surface area (Å²) < 4.78 is 10.5. The van der Waals surface area contributed by atoms with Gasteiger partial charge in [-0.1, -0.05) is 36.4 Å². The van der Waals surface area contributed by atoms with Crippen LogP contribution in [-0.4, -0.2) is 26.2 Å². The maximum Gasteiger partial charge on any atom is 0.246 e. The second-order valence-electron chi connectivity index (χ2n) is 5.95. The van der Waals surface area contributed by atoms with Gasteiger partial charge in [0.1, 0.15) is 6.04 Å². The molecule has 0 fully saturated rings. The van der Waals surface area contributed by atoms with E-state index in [9.17, 15) is 4.79 Å². The minimum Gasteiger partial charge on any atom is -0.493 e. The van der Waals surface area contributed by atoms with Crippen molar-refractivity contribution in [2.75, 3.05) is 24.9 Å². The minimum absolute atomic E-state index is 0.115. The fourth-order valence-electron chi connectivity index (χ4n) is 2.82. The molecule has 0 aliphatic rings. The van der Waals surface area contributed by atoms with Gasteiger partial charge in [-0.05, 0) is 30.5 Å². The number of methoxy groups -OCH3 is 2. The molecule has 3 aromatic rings. The van der Waals surface area contributed by atoms with Crippen molar-refractivity contribution in [2.24, 2.45) is 0 Å². The van der Waals surface area contributed by atoms with Gasteiger partial charge in [0, 0.05) is 22.8 Å². The molecule has 0 aromatic heterocycles. The third-order valence-electron chi connectivity index (χ3n) is 4.21. The van der Waals surface area contributed by atoms with Crippen LogP contribution in [0.1, 0.15) is 6.92 Å².